The first-order valence-corrected chi connectivity index (χ1v) is 17.2. The van der Waals surface area contributed by atoms with Crippen LogP contribution in [0, 0.1) is 62.1 Å². The molecule has 6 aliphatic carbocycles. The summed E-state index contributed by atoms with van der Waals surface area (Å²) in [5.41, 5.74) is 2.06. The minimum Gasteiger partial charge on any atom is -0.460 e. The van der Waals surface area contributed by atoms with Crippen molar-refractivity contribution in [2.24, 2.45) is 62.1 Å². The number of ether oxygens (including phenoxy) is 1. The number of hydrogen-bond acceptors (Lipinski definition) is 3. The maximum absolute atomic E-state index is 14.3. The summed E-state index contributed by atoms with van der Waals surface area (Å²) in [5.74, 6) is 3.14. The molecule has 0 saturated heterocycles. The minimum absolute atomic E-state index is 0.00652. The Hall–Kier alpha value is -1.35. The van der Waals surface area contributed by atoms with Gasteiger partial charge in [-0.3, -0.25) is 4.79 Å². The van der Waals surface area contributed by atoms with Gasteiger partial charge in [0.15, 0.2) is 0 Å². The number of benzene rings is 1. The third-order valence-corrected chi connectivity index (χ3v) is 16.0. The van der Waals surface area contributed by atoms with Crippen molar-refractivity contribution < 1.29 is 14.6 Å². The standard InChI is InChI=1S/C38H56O3/c1-33(2)28-15-18-37(6)29(35(28,4)17-16-30(33)39)13-12-27-31-26(34(3)20-21-34)14-19-38(31,23-22-36(27,37)5)32(40)41-24-25-10-8-7-9-11-25/h7-11,26-31,39H,12-24H2,1-6H3/t26-,27-,28?,29?,30+,31?,35+,36-,37-,38+/m1/s1. The Morgan fingerprint density at radius 1 is 0.756 bits per heavy atom. The number of carbonyl (C=O) groups excluding carboxylic acids is 1. The van der Waals surface area contributed by atoms with Gasteiger partial charge in [0.1, 0.15) is 6.61 Å². The molecule has 0 bridgehead atoms. The number of hydrogen-bond donors (Lipinski definition) is 1. The van der Waals surface area contributed by atoms with Gasteiger partial charge in [0.2, 0.25) is 0 Å². The smallest absolute Gasteiger partial charge is 0.312 e. The van der Waals surface area contributed by atoms with Crippen LogP contribution >= 0.6 is 0 Å². The van der Waals surface area contributed by atoms with Gasteiger partial charge in [-0.1, -0.05) is 71.9 Å². The molecular weight excluding hydrogens is 504 g/mol. The second-order valence-corrected chi connectivity index (χ2v) is 17.6. The second kappa shape index (κ2) is 9.09. The van der Waals surface area contributed by atoms with Gasteiger partial charge in [-0.15, -0.1) is 0 Å². The van der Waals surface area contributed by atoms with Gasteiger partial charge in [0, 0.05) is 0 Å². The number of aliphatic hydroxyl groups excluding tert-OH is 1. The van der Waals surface area contributed by atoms with Gasteiger partial charge in [-0.05, 0) is 139 Å². The molecule has 6 saturated carbocycles. The van der Waals surface area contributed by atoms with E-state index in [1.54, 1.807) is 0 Å². The fourth-order valence-corrected chi connectivity index (χ4v) is 13.1. The third kappa shape index (κ3) is 3.75. The molecule has 0 radical (unpaired) electrons. The van der Waals surface area contributed by atoms with Gasteiger partial charge >= 0.3 is 5.97 Å². The summed E-state index contributed by atoms with van der Waals surface area (Å²) in [6.45, 7) is 15.6. The molecule has 0 heterocycles. The van der Waals surface area contributed by atoms with Crippen molar-refractivity contribution in [3.05, 3.63) is 35.9 Å². The Labute approximate surface area is 249 Å². The SMILES string of the molecule is CC1([C@@H]2CC[C@]3(C(=O)OCc4ccccc4)CC[C@]4(C)[C@H](CCC5[C@@]6(C)CC[C@H](O)C(C)(C)C6CC[C@]54C)C23)CC1. The highest BCUT2D eigenvalue weighted by Gasteiger charge is 2.73. The van der Waals surface area contributed by atoms with E-state index < -0.39 is 0 Å². The maximum atomic E-state index is 14.3. The van der Waals surface area contributed by atoms with Crippen molar-refractivity contribution in [3.8, 4) is 0 Å². The number of rotatable bonds is 4. The van der Waals surface area contributed by atoms with E-state index in [2.05, 4.69) is 53.7 Å². The van der Waals surface area contributed by atoms with Crippen LogP contribution in [0.3, 0.4) is 0 Å². The van der Waals surface area contributed by atoms with E-state index in [4.69, 9.17) is 4.74 Å². The number of aliphatic hydroxyl groups is 1. The van der Waals surface area contributed by atoms with Gasteiger partial charge in [-0.25, -0.2) is 0 Å². The normalized spacial score (nSPS) is 49.1. The van der Waals surface area contributed by atoms with E-state index in [0.717, 1.165) is 31.2 Å². The molecule has 6 fully saturated rings. The highest BCUT2D eigenvalue weighted by Crippen LogP contribution is 2.79. The summed E-state index contributed by atoms with van der Waals surface area (Å²) in [7, 11) is 0. The molecule has 7 rings (SSSR count). The van der Waals surface area contributed by atoms with Crippen LogP contribution in [0.2, 0.25) is 0 Å². The number of fused-ring (bicyclic) bond motifs is 7. The molecule has 41 heavy (non-hydrogen) atoms. The van der Waals surface area contributed by atoms with E-state index in [-0.39, 0.29) is 33.7 Å². The summed E-state index contributed by atoms with van der Waals surface area (Å²) in [5, 5.41) is 11.1. The maximum Gasteiger partial charge on any atom is 0.312 e. The largest absolute Gasteiger partial charge is 0.460 e. The van der Waals surface area contributed by atoms with Crippen LogP contribution in [0.25, 0.3) is 0 Å². The Balaban J connectivity index is 1.23. The molecular formula is C38H56O3. The van der Waals surface area contributed by atoms with Gasteiger partial charge in [-0.2, -0.15) is 0 Å². The van der Waals surface area contributed by atoms with E-state index in [1.165, 1.54) is 51.4 Å². The van der Waals surface area contributed by atoms with Crippen LogP contribution < -0.4 is 0 Å². The van der Waals surface area contributed by atoms with Crippen LogP contribution in [-0.2, 0) is 16.1 Å². The lowest BCUT2D eigenvalue weighted by Gasteiger charge is -2.72. The summed E-state index contributed by atoms with van der Waals surface area (Å²) in [4.78, 5) is 14.3. The molecule has 6 aliphatic rings. The van der Waals surface area contributed by atoms with Gasteiger partial charge < -0.3 is 9.84 Å². The fraction of sp³-hybridized carbons (Fsp3) is 0.816. The molecule has 0 aromatic heterocycles. The van der Waals surface area contributed by atoms with Crippen molar-refractivity contribution in [3.63, 3.8) is 0 Å². The first kappa shape index (κ1) is 28.4. The van der Waals surface area contributed by atoms with Crippen LogP contribution in [-0.4, -0.2) is 17.2 Å². The van der Waals surface area contributed by atoms with E-state index in [1.807, 2.05) is 18.2 Å². The quantitative estimate of drug-likeness (QED) is 0.374. The first-order valence-electron chi connectivity index (χ1n) is 17.2. The monoisotopic (exact) mass is 560 g/mol. The predicted octanol–water partition coefficient (Wildman–Crippen LogP) is 8.97. The van der Waals surface area contributed by atoms with Gasteiger partial charge in [0.05, 0.1) is 11.5 Å². The minimum atomic E-state index is -0.295. The van der Waals surface area contributed by atoms with Crippen LogP contribution in [0.5, 0.6) is 0 Å². The molecule has 1 aromatic rings. The van der Waals surface area contributed by atoms with Gasteiger partial charge in [0.25, 0.3) is 0 Å². The fourth-order valence-electron chi connectivity index (χ4n) is 13.1. The Kier molecular flexibility index (Phi) is 6.30. The first-order chi connectivity index (χ1) is 19.3. The third-order valence-electron chi connectivity index (χ3n) is 16.0. The molecule has 226 valence electrons. The average Bonchev–Trinajstić information content (AvgIpc) is 3.55. The molecule has 1 N–H and O–H groups in total. The molecule has 3 nitrogen and oxygen atoms in total. The highest BCUT2D eigenvalue weighted by molar-refractivity contribution is 5.78. The van der Waals surface area contributed by atoms with Crippen molar-refractivity contribution in [1.29, 1.82) is 0 Å². The van der Waals surface area contributed by atoms with Crippen LogP contribution in [0.4, 0.5) is 0 Å². The second-order valence-electron chi connectivity index (χ2n) is 17.6. The molecule has 1 aromatic carbocycles. The van der Waals surface area contributed by atoms with Crippen LogP contribution in [0.1, 0.15) is 124 Å². The Morgan fingerprint density at radius 3 is 2.20 bits per heavy atom. The van der Waals surface area contributed by atoms with Crippen molar-refractivity contribution in [2.45, 2.75) is 131 Å². The number of carbonyl (C=O) groups is 1. The van der Waals surface area contributed by atoms with Crippen molar-refractivity contribution in [2.75, 3.05) is 0 Å². The zero-order valence-electron chi connectivity index (χ0n) is 26.8. The van der Waals surface area contributed by atoms with Crippen molar-refractivity contribution in [1.82, 2.24) is 0 Å². The topological polar surface area (TPSA) is 46.5 Å². The van der Waals surface area contributed by atoms with Crippen molar-refractivity contribution >= 4 is 5.97 Å². The molecule has 3 unspecified atom stereocenters. The van der Waals surface area contributed by atoms with E-state index >= 15 is 0 Å². The summed E-state index contributed by atoms with van der Waals surface area (Å²) < 4.78 is 6.26. The zero-order chi connectivity index (χ0) is 29.1. The lowest BCUT2D eigenvalue weighted by atomic mass is 9.32. The van der Waals surface area contributed by atoms with Crippen LogP contribution in [0.15, 0.2) is 30.3 Å². The summed E-state index contributed by atoms with van der Waals surface area (Å²) in [6, 6.07) is 10.3. The lowest BCUT2D eigenvalue weighted by Crippen LogP contribution is -2.67. The molecule has 10 atom stereocenters. The molecule has 0 aliphatic heterocycles. The molecule has 0 amide bonds. The van der Waals surface area contributed by atoms with E-state index in [0.29, 0.717) is 47.0 Å². The summed E-state index contributed by atoms with van der Waals surface area (Å²) in [6.07, 6.45) is 14.1. The zero-order valence-corrected chi connectivity index (χ0v) is 26.8. The highest BCUT2D eigenvalue weighted by atomic mass is 16.5. The summed E-state index contributed by atoms with van der Waals surface area (Å²) >= 11 is 0. The molecule has 3 heteroatoms. The Bertz CT molecular complexity index is 1190. The Morgan fingerprint density at radius 2 is 1.49 bits per heavy atom. The average molecular weight is 561 g/mol. The predicted molar refractivity (Wildman–Crippen MR) is 164 cm³/mol. The lowest BCUT2D eigenvalue weighted by molar-refractivity contribution is -0.250. The number of esters is 1. The molecule has 0 spiro atoms. The van der Waals surface area contributed by atoms with E-state index in [9.17, 15) is 9.90 Å².